The SMILES string of the molecule is CCNC(=NCC(C)C)NCCNC(=O)c1ccccc1.I. The minimum atomic E-state index is -0.0541. The summed E-state index contributed by atoms with van der Waals surface area (Å²) in [6.45, 7) is 9.10. The fourth-order valence-electron chi connectivity index (χ4n) is 1.66. The lowest BCUT2D eigenvalue weighted by molar-refractivity contribution is 0.0954. The zero-order valence-electron chi connectivity index (χ0n) is 13.6. The standard InChI is InChI=1S/C16H26N4O.HI/c1-4-17-16(20-12-13(2)3)19-11-10-18-15(21)14-8-6-5-7-9-14;/h5-9,13H,4,10-12H2,1-3H3,(H,18,21)(H2,17,19,20);1H. The van der Waals surface area contributed by atoms with Crippen LogP contribution < -0.4 is 16.0 Å². The summed E-state index contributed by atoms with van der Waals surface area (Å²) >= 11 is 0. The van der Waals surface area contributed by atoms with Gasteiger partial charge in [0.25, 0.3) is 5.91 Å². The van der Waals surface area contributed by atoms with E-state index in [-0.39, 0.29) is 29.9 Å². The Morgan fingerprint density at radius 2 is 1.73 bits per heavy atom. The topological polar surface area (TPSA) is 65.5 Å². The Bertz CT molecular complexity index is 449. The zero-order chi connectivity index (χ0) is 15.5. The number of benzene rings is 1. The van der Waals surface area contributed by atoms with Crippen LogP contribution in [0.15, 0.2) is 35.3 Å². The van der Waals surface area contributed by atoms with Crippen LogP contribution in [0, 0.1) is 5.92 Å². The minimum absolute atomic E-state index is 0. The molecule has 124 valence electrons. The van der Waals surface area contributed by atoms with Gasteiger partial charge in [0.15, 0.2) is 5.96 Å². The molecule has 1 rings (SSSR count). The fraction of sp³-hybridized carbons (Fsp3) is 0.500. The number of carbonyl (C=O) groups excluding carboxylic acids is 1. The maximum Gasteiger partial charge on any atom is 0.251 e. The number of nitrogens with one attached hydrogen (secondary N) is 3. The van der Waals surface area contributed by atoms with Crippen molar-refractivity contribution >= 4 is 35.8 Å². The van der Waals surface area contributed by atoms with Crippen molar-refractivity contribution in [1.29, 1.82) is 0 Å². The van der Waals surface area contributed by atoms with Crippen molar-refractivity contribution in [2.24, 2.45) is 10.9 Å². The second-order valence-electron chi connectivity index (χ2n) is 5.16. The smallest absolute Gasteiger partial charge is 0.251 e. The van der Waals surface area contributed by atoms with Crippen LogP contribution in [0.4, 0.5) is 0 Å². The third-order valence-corrected chi connectivity index (χ3v) is 2.70. The average molecular weight is 418 g/mol. The van der Waals surface area contributed by atoms with Crippen LogP contribution >= 0.6 is 24.0 Å². The van der Waals surface area contributed by atoms with Crippen LogP contribution in [0.2, 0.25) is 0 Å². The molecule has 0 saturated heterocycles. The molecule has 0 saturated carbocycles. The van der Waals surface area contributed by atoms with Crippen molar-refractivity contribution < 1.29 is 4.79 Å². The van der Waals surface area contributed by atoms with E-state index >= 15 is 0 Å². The molecule has 1 aromatic carbocycles. The van der Waals surface area contributed by atoms with Gasteiger partial charge in [-0.1, -0.05) is 32.0 Å². The highest BCUT2D eigenvalue weighted by Gasteiger charge is 2.03. The molecule has 0 aliphatic carbocycles. The van der Waals surface area contributed by atoms with Crippen molar-refractivity contribution in [2.45, 2.75) is 20.8 Å². The molecule has 6 heteroatoms. The number of hydrogen-bond donors (Lipinski definition) is 3. The van der Waals surface area contributed by atoms with Gasteiger partial charge in [0.05, 0.1) is 0 Å². The number of halogens is 1. The highest BCUT2D eigenvalue weighted by molar-refractivity contribution is 14.0. The number of amides is 1. The molecule has 0 bridgehead atoms. The fourth-order valence-corrected chi connectivity index (χ4v) is 1.66. The van der Waals surface area contributed by atoms with Gasteiger partial charge in [-0.15, -0.1) is 24.0 Å². The van der Waals surface area contributed by atoms with Gasteiger partial charge < -0.3 is 16.0 Å². The van der Waals surface area contributed by atoms with Gasteiger partial charge in [-0.2, -0.15) is 0 Å². The van der Waals surface area contributed by atoms with Gasteiger partial charge >= 0.3 is 0 Å². The van der Waals surface area contributed by atoms with E-state index in [1.54, 1.807) is 12.1 Å². The van der Waals surface area contributed by atoms with Gasteiger partial charge in [0, 0.05) is 31.7 Å². The van der Waals surface area contributed by atoms with Crippen LogP contribution in [0.1, 0.15) is 31.1 Å². The Morgan fingerprint density at radius 1 is 1.09 bits per heavy atom. The number of carbonyl (C=O) groups is 1. The lowest BCUT2D eigenvalue weighted by Crippen LogP contribution is -2.41. The van der Waals surface area contributed by atoms with Crippen LogP contribution in [0.25, 0.3) is 0 Å². The van der Waals surface area contributed by atoms with Crippen molar-refractivity contribution in [3.05, 3.63) is 35.9 Å². The molecule has 0 spiro atoms. The molecule has 0 unspecified atom stereocenters. The van der Waals surface area contributed by atoms with E-state index in [4.69, 9.17) is 0 Å². The van der Waals surface area contributed by atoms with Crippen molar-refractivity contribution in [3.63, 3.8) is 0 Å². The first kappa shape index (κ1) is 20.7. The minimum Gasteiger partial charge on any atom is -0.357 e. The van der Waals surface area contributed by atoms with E-state index in [1.165, 1.54) is 0 Å². The second-order valence-corrected chi connectivity index (χ2v) is 5.16. The number of rotatable bonds is 7. The Hall–Kier alpha value is -1.31. The van der Waals surface area contributed by atoms with Gasteiger partial charge in [-0.3, -0.25) is 9.79 Å². The molecule has 0 atom stereocenters. The molecule has 0 aromatic heterocycles. The molecule has 0 fully saturated rings. The van der Waals surface area contributed by atoms with Crippen LogP contribution in [-0.2, 0) is 0 Å². The molecule has 5 nitrogen and oxygen atoms in total. The first-order chi connectivity index (χ1) is 10.1. The van der Waals surface area contributed by atoms with E-state index < -0.39 is 0 Å². The molecule has 1 amide bonds. The van der Waals surface area contributed by atoms with Crippen LogP contribution in [0.3, 0.4) is 0 Å². The second kappa shape index (κ2) is 12.3. The predicted octanol–water partition coefficient (Wildman–Crippen LogP) is 2.25. The molecular weight excluding hydrogens is 391 g/mol. The molecule has 0 aliphatic rings. The summed E-state index contributed by atoms with van der Waals surface area (Å²) in [5, 5.41) is 9.27. The molecule has 1 aromatic rings. The van der Waals surface area contributed by atoms with Crippen LogP contribution in [-0.4, -0.2) is 38.0 Å². The Kier molecular flexibility index (Phi) is 11.5. The first-order valence-corrected chi connectivity index (χ1v) is 7.49. The van der Waals surface area contributed by atoms with E-state index in [0.717, 1.165) is 19.0 Å². The lowest BCUT2D eigenvalue weighted by Gasteiger charge is -2.12. The summed E-state index contributed by atoms with van der Waals surface area (Å²) in [5.41, 5.74) is 0.679. The zero-order valence-corrected chi connectivity index (χ0v) is 15.9. The number of hydrogen-bond acceptors (Lipinski definition) is 2. The number of guanidine groups is 1. The third-order valence-electron chi connectivity index (χ3n) is 2.70. The molecule has 0 aliphatic heterocycles. The Balaban J connectivity index is 0.00000441. The quantitative estimate of drug-likeness (QED) is 0.276. The summed E-state index contributed by atoms with van der Waals surface area (Å²) in [6, 6.07) is 9.21. The van der Waals surface area contributed by atoms with Gasteiger partial charge in [-0.25, -0.2) is 0 Å². The maximum atomic E-state index is 11.8. The normalized spacial score (nSPS) is 10.8. The highest BCUT2D eigenvalue weighted by atomic mass is 127. The Labute approximate surface area is 150 Å². The van der Waals surface area contributed by atoms with E-state index in [2.05, 4.69) is 34.8 Å². The van der Waals surface area contributed by atoms with Gasteiger partial charge in [0.1, 0.15) is 0 Å². The monoisotopic (exact) mass is 418 g/mol. The molecule has 22 heavy (non-hydrogen) atoms. The van der Waals surface area contributed by atoms with Crippen molar-refractivity contribution in [2.75, 3.05) is 26.2 Å². The van der Waals surface area contributed by atoms with Crippen molar-refractivity contribution in [1.82, 2.24) is 16.0 Å². The maximum absolute atomic E-state index is 11.8. The first-order valence-electron chi connectivity index (χ1n) is 7.49. The lowest BCUT2D eigenvalue weighted by atomic mass is 10.2. The molecular formula is C16H27IN4O. The molecule has 0 heterocycles. The summed E-state index contributed by atoms with van der Waals surface area (Å²) in [5.74, 6) is 1.26. The highest BCUT2D eigenvalue weighted by Crippen LogP contribution is 1.97. The van der Waals surface area contributed by atoms with Crippen LogP contribution in [0.5, 0.6) is 0 Å². The summed E-state index contributed by atoms with van der Waals surface area (Å²) < 4.78 is 0. The molecule has 3 N–H and O–H groups in total. The van der Waals surface area contributed by atoms with E-state index in [1.807, 2.05) is 25.1 Å². The van der Waals surface area contributed by atoms with Gasteiger partial charge in [0.2, 0.25) is 0 Å². The summed E-state index contributed by atoms with van der Waals surface area (Å²) in [7, 11) is 0. The van der Waals surface area contributed by atoms with Gasteiger partial charge in [-0.05, 0) is 25.0 Å². The largest absolute Gasteiger partial charge is 0.357 e. The Morgan fingerprint density at radius 3 is 2.32 bits per heavy atom. The third kappa shape index (κ3) is 8.86. The summed E-state index contributed by atoms with van der Waals surface area (Å²) in [4.78, 5) is 16.3. The summed E-state index contributed by atoms with van der Waals surface area (Å²) in [6.07, 6.45) is 0. The van der Waals surface area contributed by atoms with E-state index in [9.17, 15) is 4.79 Å². The number of nitrogens with zero attached hydrogens (tertiary/aromatic N) is 1. The van der Waals surface area contributed by atoms with Crippen molar-refractivity contribution in [3.8, 4) is 0 Å². The molecule has 0 radical (unpaired) electrons. The average Bonchev–Trinajstić information content (AvgIpc) is 2.49. The predicted molar refractivity (Wildman–Crippen MR) is 103 cm³/mol. The van der Waals surface area contributed by atoms with E-state index in [0.29, 0.717) is 24.6 Å². The number of aliphatic imine (C=N–C) groups is 1.